The fraction of sp³-hybridized carbons (Fsp3) is 0.0588. The van der Waals surface area contributed by atoms with Crippen LogP contribution < -0.4 is 14.4 Å². The maximum Gasteiger partial charge on any atom is 0.271 e. The Morgan fingerprint density at radius 3 is 2.67 bits per heavy atom. The van der Waals surface area contributed by atoms with Crippen molar-refractivity contribution in [2.45, 2.75) is 0 Å². The SMILES string of the molecule is N=C1S/C(=C/c2ccc3c(c2)OCO3)C(=O)N1c1ccc(F)cc1. The monoisotopic (exact) mass is 342 g/mol. The molecule has 5 nitrogen and oxygen atoms in total. The van der Waals surface area contributed by atoms with Gasteiger partial charge in [0.15, 0.2) is 16.7 Å². The fourth-order valence-corrected chi connectivity index (χ4v) is 3.33. The summed E-state index contributed by atoms with van der Waals surface area (Å²) in [5.74, 6) is 0.600. The topological polar surface area (TPSA) is 62.6 Å². The summed E-state index contributed by atoms with van der Waals surface area (Å²) >= 11 is 1.06. The Morgan fingerprint density at radius 2 is 1.88 bits per heavy atom. The molecule has 7 heteroatoms. The highest BCUT2D eigenvalue weighted by molar-refractivity contribution is 8.19. The third-order valence-corrected chi connectivity index (χ3v) is 4.49. The molecule has 0 aliphatic carbocycles. The summed E-state index contributed by atoms with van der Waals surface area (Å²) < 4.78 is 23.6. The number of amidine groups is 1. The van der Waals surface area contributed by atoms with Gasteiger partial charge in [-0.2, -0.15) is 0 Å². The molecule has 24 heavy (non-hydrogen) atoms. The first-order valence-corrected chi connectivity index (χ1v) is 7.91. The zero-order valence-electron chi connectivity index (χ0n) is 12.3. The van der Waals surface area contributed by atoms with Crippen LogP contribution >= 0.6 is 11.8 Å². The minimum atomic E-state index is -0.388. The van der Waals surface area contributed by atoms with Crippen molar-refractivity contribution in [1.29, 1.82) is 5.41 Å². The van der Waals surface area contributed by atoms with Crippen molar-refractivity contribution in [3.8, 4) is 11.5 Å². The van der Waals surface area contributed by atoms with Gasteiger partial charge in [-0.15, -0.1) is 0 Å². The fourth-order valence-electron chi connectivity index (χ4n) is 2.47. The van der Waals surface area contributed by atoms with Crippen LogP contribution in [0.15, 0.2) is 47.4 Å². The lowest BCUT2D eigenvalue weighted by Crippen LogP contribution is -2.28. The van der Waals surface area contributed by atoms with Crippen molar-refractivity contribution in [3.05, 3.63) is 58.8 Å². The minimum Gasteiger partial charge on any atom is -0.454 e. The van der Waals surface area contributed by atoms with Gasteiger partial charge in [0.1, 0.15) is 5.82 Å². The molecule has 1 amide bonds. The van der Waals surface area contributed by atoms with E-state index < -0.39 is 0 Å². The number of carbonyl (C=O) groups excluding carboxylic acids is 1. The molecule has 1 saturated heterocycles. The minimum absolute atomic E-state index is 0.0820. The van der Waals surface area contributed by atoms with E-state index in [1.807, 2.05) is 6.07 Å². The summed E-state index contributed by atoms with van der Waals surface area (Å²) in [6, 6.07) is 10.9. The van der Waals surface area contributed by atoms with Gasteiger partial charge in [0, 0.05) is 0 Å². The number of amides is 1. The Bertz CT molecular complexity index is 880. The van der Waals surface area contributed by atoms with Crippen molar-refractivity contribution in [2.24, 2.45) is 0 Å². The number of hydrogen-bond acceptors (Lipinski definition) is 5. The highest BCUT2D eigenvalue weighted by atomic mass is 32.2. The van der Waals surface area contributed by atoms with Crippen LogP contribution in [0.2, 0.25) is 0 Å². The summed E-state index contributed by atoms with van der Waals surface area (Å²) in [4.78, 5) is 14.3. The molecule has 2 aliphatic heterocycles. The van der Waals surface area contributed by atoms with Gasteiger partial charge < -0.3 is 9.47 Å². The predicted octanol–water partition coefficient (Wildman–Crippen LogP) is 3.61. The second kappa shape index (κ2) is 5.68. The number of nitrogens with one attached hydrogen (secondary N) is 1. The number of hydrogen-bond donors (Lipinski definition) is 1. The van der Waals surface area contributed by atoms with Gasteiger partial charge in [-0.25, -0.2) is 4.39 Å². The molecule has 0 bridgehead atoms. The van der Waals surface area contributed by atoms with E-state index in [-0.39, 0.29) is 23.7 Å². The molecule has 0 spiro atoms. The molecule has 2 heterocycles. The molecule has 2 aromatic rings. The first-order chi connectivity index (χ1) is 11.6. The first-order valence-electron chi connectivity index (χ1n) is 7.09. The Hall–Kier alpha value is -2.80. The van der Waals surface area contributed by atoms with Gasteiger partial charge in [-0.1, -0.05) is 6.07 Å². The van der Waals surface area contributed by atoms with Gasteiger partial charge in [0.25, 0.3) is 5.91 Å². The van der Waals surface area contributed by atoms with E-state index >= 15 is 0 Å². The van der Waals surface area contributed by atoms with Gasteiger partial charge >= 0.3 is 0 Å². The normalized spacial score (nSPS) is 17.9. The van der Waals surface area contributed by atoms with Gasteiger partial charge in [-0.3, -0.25) is 15.1 Å². The second-order valence-electron chi connectivity index (χ2n) is 5.15. The Labute approximate surface area is 141 Å². The molecule has 0 aromatic heterocycles. The number of benzene rings is 2. The number of anilines is 1. The van der Waals surface area contributed by atoms with E-state index in [1.165, 1.54) is 29.2 Å². The molecule has 2 aliphatic rings. The van der Waals surface area contributed by atoms with Crippen LogP contribution in [-0.4, -0.2) is 17.9 Å². The molecular formula is C17H11FN2O3S. The number of carbonyl (C=O) groups is 1. The zero-order valence-corrected chi connectivity index (χ0v) is 13.1. The molecule has 0 atom stereocenters. The maximum absolute atomic E-state index is 13.0. The molecule has 1 N–H and O–H groups in total. The van der Waals surface area contributed by atoms with Gasteiger partial charge in [0.05, 0.1) is 10.6 Å². The van der Waals surface area contributed by atoms with Crippen LogP contribution in [0.4, 0.5) is 10.1 Å². The standard InChI is InChI=1S/C17H11FN2O3S/c18-11-2-4-12(5-3-11)20-16(21)15(24-17(20)19)8-10-1-6-13-14(7-10)23-9-22-13/h1-8,19H,9H2/b15-8+,19-17?. The Kier molecular flexibility index (Phi) is 3.50. The summed E-state index contributed by atoms with van der Waals surface area (Å²) in [6.45, 7) is 0.187. The Balaban J connectivity index is 1.64. The lowest BCUT2D eigenvalue weighted by molar-refractivity contribution is -0.113. The lowest BCUT2D eigenvalue weighted by atomic mass is 10.2. The summed E-state index contributed by atoms with van der Waals surface area (Å²) in [6.07, 6.45) is 1.70. The first kappa shape index (κ1) is 14.8. The second-order valence-corrected chi connectivity index (χ2v) is 6.18. The number of nitrogens with zero attached hydrogens (tertiary/aromatic N) is 1. The average molecular weight is 342 g/mol. The van der Waals surface area contributed by atoms with Crippen molar-refractivity contribution in [3.63, 3.8) is 0 Å². The highest BCUT2D eigenvalue weighted by Crippen LogP contribution is 2.37. The molecule has 4 rings (SSSR count). The van der Waals surface area contributed by atoms with Crippen molar-refractivity contribution >= 4 is 34.6 Å². The maximum atomic E-state index is 13.0. The van der Waals surface area contributed by atoms with Crippen LogP contribution in [0.3, 0.4) is 0 Å². The number of ether oxygens (including phenoxy) is 2. The van der Waals surface area contributed by atoms with Gasteiger partial charge in [-0.05, 0) is 59.8 Å². The van der Waals surface area contributed by atoms with Gasteiger partial charge in [0.2, 0.25) is 6.79 Å². The van der Waals surface area contributed by atoms with E-state index in [0.717, 1.165) is 17.3 Å². The number of rotatable bonds is 2. The van der Waals surface area contributed by atoms with Crippen molar-refractivity contribution < 1.29 is 18.7 Å². The third kappa shape index (κ3) is 2.52. The van der Waals surface area contributed by atoms with Crippen LogP contribution in [0.1, 0.15) is 5.56 Å². The average Bonchev–Trinajstić information content (AvgIpc) is 3.13. The quantitative estimate of drug-likeness (QED) is 0.847. The Morgan fingerprint density at radius 1 is 1.12 bits per heavy atom. The van der Waals surface area contributed by atoms with Crippen LogP contribution in [0.5, 0.6) is 11.5 Å². The van der Waals surface area contributed by atoms with E-state index in [4.69, 9.17) is 14.9 Å². The molecule has 1 fully saturated rings. The predicted molar refractivity (Wildman–Crippen MR) is 89.7 cm³/mol. The third-order valence-electron chi connectivity index (χ3n) is 3.60. The zero-order chi connectivity index (χ0) is 16.7. The van der Waals surface area contributed by atoms with Crippen LogP contribution in [0, 0.1) is 11.2 Å². The molecule has 0 saturated carbocycles. The lowest BCUT2D eigenvalue weighted by Gasteiger charge is -2.13. The molecular weight excluding hydrogens is 331 g/mol. The van der Waals surface area contributed by atoms with Crippen molar-refractivity contribution in [2.75, 3.05) is 11.7 Å². The molecule has 2 aromatic carbocycles. The molecule has 0 radical (unpaired) electrons. The van der Waals surface area contributed by atoms with E-state index in [9.17, 15) is 9.18 Å². The molecule has 0 unspecified atom stereocenters. The van der Waals surface area contributed by atoms with Crippen LogP contribution in [0.25, 0.3) is 6.08 Å². The smallest absolute Gasteiger partial charge is 0.271 e. The largest absolute Gasteiger partial charge is 0.454 e. The number of halogens is 1. The molecule has 120 valence electrons. The summed E-state index contributed by atoms with van der Waals surface area (Å²) in [7, 11) is 0. The van der Waals surface area contributed by atoms with E-state index in [0.29, 0.717) is 22.1 Å². The summed E-state index contributed by atoms with van der Waals surface area (Å²) in [5, 5.41) is 8.12. The summed E-state index contributed by atoms with van der Waals surface area (Å²) in [5.41, 5.74) is 1.25. The number of thioether (sulfide) groups is 1. The van der Waals surface area contributed by atoms with E-state index in [1.54, 1.807) is 18.2 Å². The van der Waals surface area contributed by atoms with E-state index in [2.05, 4.69) is 0 Å². The van der Waals surface area contributed by atoms with Crippen LogP contribution in [-0.2, 0) is 4.79 Å². The highest BCUT2D eigenvalue weighted by Gasteiger charge is 2.33. The van der Waals surface area contributed by atoms with Crippen molar-refractivity contribution in [1.82, 2.24) is 0 Å². The number of fused-ring (bicyclic) bond motifs is 1.